The molecule has 3 nitrogen and oxygen atoms in total. The highest BCUT2D eigenvalue weighted by Crippen LogP contribution is 2.24. The van der Waals surface area contributed by atoms with Crippen LogP contribution in [-0.2, 0) is 12.8 Å². The van der Waals surface area contributed by atoms with Gasteiger partial charge in [-0.1, -0.05) is 20.3 Å². The Hall–Kier alpha value is -0.870. The Balaban J connectivity index is 2.94. The summed E-state index contributed by atoms with van der Waals surface area (Å²) in [5.41, 5.74) is 3.43. The van der Waals surface area contributed by atoms with E-state index < -0.39 is 0 Å². The van der Waals surface area contributed by atoms with Gasteiger partial charge < -0.3 is 0 Å². The number of nitrogen functional groups attached to an aromatic ring is 1. The lowest BCUT2D eigenvalue weighted by Crippen LogP contribution is -2.29. The van der Waals surface area contributed by atoms with E-state index in [9.17, 15) is 4.79 Å². The van der Waals surface area contributed by atoms with Crippen LogP contribution in [0.1, 0.15) is 40.4 Å². The average Bonchev–Trinajstić information content (AvgIpc) is 2.60. The normalized spacial score (nSPS) is 10.2. The molecule has 0 aliphatic rings. The van der Waals surface area contributed by atoms with Crippen molar-refractivity contribution in [2.45, 2.75) is 33.1 Å². The predicted octanol–water partition coefficient (Wildman–Crippen LogP) is 1.87. The minimum Gasteiger partial charge on any atom is -0.289 e. The van der Waals surface area contributed by atoms with Crippen molar-refractivity contribution in [1.82, 2.24) is 5.43 Å². The molecule has 0 spiro atoms. The van der Waals surface area contributed by atoms with Gasteiger partial charge in [0.15, 0.2) is 0 Å². The maximum Gasteiger partial charge on any atom is 0.275 e. The summed E-state index contributed by atoms with van der Waals surface area (Å²) in [5, 5.41) is 0. The summed E-state index contributed by atoms with van der Waals surface area (Å²) in [7, 11) is 0. The summed E-state index contributed by atoms with van der Waals surface area (Å²) >= 11 is 1.55. The van der Waals surface area contributed by atoms with Crippen molar-refractivity contribution in [3.63, 3.8) is 0 Å². The van der Waals surface area contributed by atoms with Crippen LogP contribution in [0.4, 0.5) is 0 Å². The van der Waals surface area contributed by atoms with Gasteiger partial charge in [-0.05, 0) is 24.5 Å². The highest BCUT2D eigenvalue weighted by Gasteiger charge is 2.11. The van der Waals surface area contributed by atoms with Crippen LogP contribution in [0.2, 0.25) is 0 Å². The molecule has 0 aliphatic carbocycles. The zero-order valence-electron chi connectivity index (χ0n) is 8.59. The van der Waals surface area contributed by atoms with Crippen LogP contribution < -0.4 is 11.3 Å². The van der Waals surface area contributed by atoms with E-state index in [-0.39, 0.29) is 5.91 Å². The monoisotopic (exact) mass is 212 g/mol. The van der Waals surface area contributed by atoms with Crippen molar-refractivity contribution in [3.8, 4) is 0 Å². The van der Waals surface area contributed by atoms with Gasteiger partial charge in [0.05, 0.1) is 4.88 Å². The van der Waals surface area contributed by atoms with Gasteiger partial charge in [0.2, 0.25) is 0 Å². The summed E-state index contributed by atoms with van der Waals surface area (Å²) in [4.78, 5) is 13.3. The Bertz CT molecular complexity index is 320. The predicted molar refractivity (Wildman–Crippen MR) is 59.3 cm³/mol. The van der Waals surface area contributed by atoms with E-state index in [1.807, 2.05) is 6.07 Å². The summed E-state index contributed by atoms with van der Waals surface area (Å²) in [5.74, 6) is 4.90. The number of amides is 1. The van der Waals surface area contributed by atoms with Gasteiger partial charge >= 0.3 is 0 Å². The van der Waals surface area contributed by atoms with Gasteiger partial charge in [0.25, 0.3) is 5.91 Å². The first-order chi connectivity index (χ1) is 6.72. The number of thiophene rings is 1. The first-order valence-corrected chi connectivity index (χ1v) is 5.67. The van der Waals surface area contributed by atoms with E-state index in [0.29, 0.717) is 4.88 Å². The number of hydrazine groups is 1. The highest BCUT2D eigenvalue weighted by atomic mass is 32.1. The summed E-state index contributed by atoms with van der Waals surface area (Å²) in [6.45, 7) is 4.24. The summed E-state index contributed by atoms with van der Waals surface area (Å²) in [6, 6.07) is 1.94. The van der Waals surface area contributed by atoms with Crippen LogP contribution in [0.25, 0.3) is 0 Å². The number of aryl methyl sites for hydroxylation is 2. The lowest BCUT2D eigenvalue weighted by molar-refractivity contribution is 0.0957. The zero-order chi connectivity index (χ0) is 10.6. The molecular formula is C10H16N2OS. The zero-order valence-corrected chi connectivity index (χ0v) is 9.41. The number of carbonyl (C=O) groups excluding carboxylic acids is 1. The lowest BCUT2D eigenvalue weighted by Gasteiger charge is -1.96. The first kappa shape index (κ1) is 11.2. The number of carbonyl (C=O) groups is 1. The van der Waals surface area contributed by atoms with E-state index in [0.717, 1.165) is 19.3 Å². The number of nitrogens with two attached hydrogens (primary N) is 1. The van der Waals surface area contributed by atoms with E-state index in [1.54, 1.807) is 11.3 Å². The molecule has 0 fully saturated rings. The van der Waals surface area contributed by atoms with Gasteiger partial charge in [0, 0.05) is 4.88 Å². The molecule has 4 heteroatoms. The van der Waals surface area contributed by atoms with Gasteiger partial charge in [-0.15, -0.1) is 11.3 Å². The van der Waals surface area contributed by atoms with E-state index in [4.69, 9.17) is 5.84 Å². The van der Waals surface area contributed by atoms with Crippen molar-refractivity contribution in [2.75, 3.05) is 0 Å². The second kappa shape index (κ2) is 5.12. The molecule has 0 bridgehead atoms. The maximum atomic E-state index is 11.3. The average molecular weight is 212 g/mol. The van der Waals surface area contributed by atoms with Crippen molar-refractivity contribution in [1.29, 1.82) is 0 Å². The number of hydrogen-bond acceptors (Lipinski definition) is 3. The Labute approximate surface area is 88.3 Å². The smallest absolute Gasteiger partial charge is 0.275 e. The molecule has 0 atom stereocenters. The van der Waals surface area contributed by atoms with Crippen LogP contribution >= 0.6 is 11.3 Å². The molecule has 1 amide bonds. The fourth-order valence-electron chi connectivity index (χ4n) is 1.39. The number of nitrogens with one attached hydrogen (secondary N) is 1. The van der Waals surface area contributed by atoms with E-state index in [1.165, 1.54) is 10.4 Å². The highest BCUT2D eigenvalue weighted by molar-refractivity contribution is 7.14. The molecule has 1 aromatic rings. The van der Waals surface area contributed by atoms with Crippen LogP contribution in [0.15, 0.2) is 6.07 Å². The molecule has 1 aromatic heterocycles. The maximum absolute atomic E-state index is 11.3. The first-order valence-electron chi connectivity index (χ1n) is 4.85. The van der Waals surface area contributed by atoms with Crippen molar-refractivity contribution in [2.24, 2.45) is 5.84 Å². The standard InChI is InChI=1S/C10H16N2OS/c1-3-5-8-7(4-2)6-9(14-8)10(13)12-11/h6H,3-5,11H2,1-2H3,(H,12,13). The molecular weight excluding hydrogens is 196 g/mol. The SMILES string of the molecule is CCCc1sc(C(=O)NN)cc1CC. The molecule has 0 aliphatic heterocycles. The van der Waals surface area contributed by atoms with Gasteiger partial charge in [-0.3, -0.25) is 10.2 Å². The van der Waals surface area contributed by atoms with Crippen LogP contribution in [0.5, 0.6) is 0 Å². The fourth-order valence-corrected chi connectivity index (χ4v) is 2.65. The Morgan fingerprint density at radius 1 is 1.57 bits per heavy atom. The largest absolute Gasteiger partial charge is 0.289 e. The Morgan fingerprint density at radius 2 is 2.29 bits per heavy atom. The molecule has 0 unspecified atom stereocenters. The topological polar surface area (TPSA) is 55.1 Å². The van der Waals surface area contributed by atoms with Gasteiger partial charge in [0.1, 0.15) is 0 Å². The third-order valence-electron chi connectivity index (χ3n) is 2.11. The second-order valence-corrected chi connectivity index (χ2v) is 4.27. The minimum atomic E-state index is -0.188. The summed E-state index contributed by atoms with van der Waals surface area (Å²) < 4.78 is 0. The summed E-state index contributed by atoms with van der Waals surface area (Å²) in [6.07, 6.45) is 3.13. The molecule has 3 N–H and O–H groups in total. The molecule has 14 heavy (non-hydrogen) atoms. The van der Waals surface area contributed by atoms with Crippen LogP contribution in [-0.4, -0.2) is 5.91 Å². The molecule has 0 saturated heterocycles. The van der Waals surface area contributed by atoms with Gasteiger partial charge in [-0.25, -0.2) is 5.84 Å². The second-order valence-electron chi connectivity index (χ2n) is 3.14. The molecule has 1 rings (SSSR count). The Morgan fingerprint density at radius 3 is 2.79 bits per heavy atom. The van der Waals surface area contributed by atoms with Crippen molar-refractivity contribution >= 4 is 17.2 Å². The number of hydrogen-bond donors (Lipinski definition) is 2. The molecule has 0 aromatic carbocycles. The van der Waals surface area contributed by atoms with E-state index in [2.05, 4.69) is 19.3 Å². The van der Waals surface area contributed by atoms with Gasteiger partial charge in [-0.2, -0.15) is 0 Å². The molecule has 1 heterocycles. The van der Waals surface area contributed by atoms with Crippen molar-refractivity contribution < 1.29 is 4.79 Å². The quantitative estimate of drug-likeness (QED) is 0.455. The van der Waals surface area contributed by atoms with E-state index >= 15 is 0 Å². The third kappa shape index (κ3) is 2.33. The molecule has 0 saturated carbocycles. The Kier molecular flexibility index (Phi) is 4.10. The minimum absolute atomic E-state index is 0.188. The fraction of sp³-hybridized carbons (Fsp3) is 0.500. The molecule has 78 valence electrons. The third-order valence-corrected chi connectivity index (χ3v) is 3.35. The van der Waals surface area contributed by atoms with Crippen molar-refractivity contribution in [3.05, 3.63) is 21.4 Å². The number of rotatable bonds is 4. The molecule has 0 radical (unpaired) electrons. The van der Waals surface area contributed by atoms with Crippen LogP contribution in [0, 0.1) is 0 Å². The van der Waals surface area contributed by atoms with Crippen LogP contribution in [0.3, 0.4) is 0 Å². The lowest BCUT2D eigenvalue weighted by atomic mass is 10.1.